The highest BCUT2D eigenvalue weighted by molar-refractivity contribution is 14.1. The van der Waals surface area contributed by atoms with Crippen molar-refractivity contribution in [1.29, 1.82) is 0 Å². The number of hydrogen-bond acceptors (Lipinski definition) is 3. The molecule has 0 spiro atoms. The molecule has 0 fully saturated rings. The summed E-state index contributed by atoms with van der Waals surface area (Å²) in [5.41, 5.74) is -1.70. The topological polar surface area (TPSA) is 67.0 Å². The summed E-state index contributed by atoms with van der Waals surface area (Å²) in [6, 6.07) is 0.516. The number of pyridine rings is 1. The average Bonchev–Trinajstić information content (AvgIpc) is 1.99. The van der Waals surface area contributed by atoms with Gasteiger partial charge in [0.25, 0.3) is 15.5 Å². The maximum atomic E-state index is 12.4. The molecule has 1 rings (SSSR count). The van der Waals surface area contributed by atoms with Crippen LogP contribution in [-0.2, 0) is 9.05 Å². The summed E-state index contributed by atoms with van der Waals surface area (Å²) in [6.07, 6.45) is -3.08. The van der Waals surface area contributed by atoms with Crippen molar-refractivity contribution in [1.82, 2.24) is 4.98 Å². The van der Waals surface area contributed by atoms with Gasteiger partial charge in [0.2, 0.25) is 5.56 Å². The number of halogens is 4. The van der Waals surface area contributed by atoms with Crippen LogP contribution in [-0.4, -0.2) is 13.4 Å². The molecule has 0 amide bonds. The third-order valence-corrected chi connectivity index (χ3v) is 4.03. The minimum atomic E-state index is -4.31. The Morgan fingerprint density at radius 2 is 2.00 bits per heavy atom. The zero-order valence-electron chi connectivity index (χ0n) is 6.80. The van der Waals surface area contributed by atoms with E-state index >= 15 is 0 Å². The molecule has 9 heteroatoms. The number of hydrogen-bond donors (Lipinski definition) is 1. The van der Waals surface area contributed by atoms with Crippen LogP contribution in [0.3, 0.4) is 0 Å². The summed E-state index contributed by atoms with van der Waals surface area (Å²) in [5, 5.41) is 0. The number of rotatable bonds is 2. The molecular weight excluding hydrogens is 366 g/mol. The van der Waals surface area contributed by atoms with Gasteiger partial charge in [0.15, 0.2) is 0 Å². The Morgan fingerprint density at radius 3 is 2.40 bits per heavy atom. The van der Waals surface area contributed by atoms with Crippen LogP contribution in [0, 0.1) is 3.70 Å². The van der Waals surface area contributed by atoms with E-state index in [1.54, 1.807) is 0 Å². The van der Waals surface area contributed by atoms with Gasteiger partial charge in [-0.1, -0.05) is 0 Å². The molecule has 0 aliphatic rings. The lowest BCUT2D eigenvalue weighted by atomic mass is 10.3. The molecule has 1 N–H and O–H groups in total. The summed E-state index contributed by atoms with van der Waals surface area (Å²) < 4.78 is 46.6. The molecule has 0 saturated heterocycles. The van der Waals surface area contributed by atoms with Gasteiger partial charge in [-0.25, -0.2) is 17.2 Å². The maximum Gasteiger partial charge on any atom is 0.265 e. The van der Waals surface area contributed by atoms with Gasteiger partial charge in [0.05, 0.1) is 0 Å². The fraction of sp³-hybridized carbons (Fsp3) is 0.167. The van der Waals surface area contributed by atoms with Crippen LogP contribution in [0.5, 0.6) is 0 Å². The molecule has 1 heterocycles. The predicted octanol–water partition coefficient (Wildman–Crippen LogP) is 1.84. The number of alkyl halides is 2. The van der Waals surface area contributed by atoms with Crippen molar-refractivity contribution in [3.63, 3.8) is 0 Å². The van der Waals surface area contributed by atoms with Gasteiger partial charge >= 0.3 is 0 Å². The maximum absolute atomic E-state index is 12.4. The lowest BCUT2D eigenvalue weighted by molar-refractivity contribution is 0.147. The summed E-state index contributed by atoms with van der Waals surface area (Å²) >= 11 is 1.42. The fourth-order valence-corrected chi connectivity index (χ4v) is 3.98. The molecule has 0 aliphatic carbocycles. The largest absolute Gasteiger partial charge is 0.316 e. The van der Waals surface area contributed by atoms with E-state index in [-0.39, 0.29) is 3.70 Å². The Kier molecular flexibility index (Phi) is 3.71. The molecular formula is C6H3ClF2INO3S. The van der Waals surface area contributed by atoms with Crippen molar-refractivity contribution in [2.75, 3.05) is 0 Å². The van der Waals surface area contributed by atoms with Gasteiger partial charge in [0.1, 0.15) is 8.60 Å². The second kappa shape index (κ2) is 4.34. The Morgan fingerprint density at radius 1 is 1.47 bits per heavy atom. The molecule has 4 nitrogen and oxygen atoms in total. The van der Waals surface area contributed by atoms with E-state index in [1.807, 2.05) is 0 Å². The number of aromatic nitrogens is 1. The minimum absolute atomic E-state index is 0.231. The summed E-state index contributed by atoms with van der Waals surface area (Å²) in [4.78, 5) is 12.2. The van der Waals surface area contributed by atoms with Crippen molar-refractivity contribution in [3.05, 3.63) is 25.7 Å². The number of aromatic amines is 1. The van der Waals surface area contributed by atoms with Crippen molar-refractivity contribution in [3.8, 4) is 0 Å². The zero-order chi connectivity index (χ0) is 11.8. The smallest absolute Gasteiger partial charge is 0.265 e. The van der Waals surface area contributed by atoms with Gasteiger partial charge < -0.3 is 4.98 Å². The number of nitrogens with one attached hydrogen (secondary N) is 1. The van der Waals surface area contributed by atoms with E-state index in [0.29, 0.717) is 6.07 Å². The van der Waals surface area contributed by atoms with E-state index < -0.39 is 31.5 Å². The fourth-order valence-electron chi connectivity index (χ4n) is 0.944. The van der Waals surface area contributed by atoms with Crippen LogP contribution in [0.2, 0.25) is 0 Å². The quantitative estimate of drug-likeness (QED) is 0.491. The van der Waals surface area contributed by atoms with Crippen molar-refractivity contribution in [2.24, 2.45) is 0 Å². The Bertz CT molecular complexity index is 542. The van der Waals surface area contributed by atoms with E-state index in [2.05, 4.69) is 4.98 Å². The highest BCUT2D eigenvalue weighted by Gasteiger charge is 2.25. The average molecular weight is 370 g/mol. The molecule has 0 unspecified atom stereocenters. The van der Waals surface area contributed by atoms with Crippen LogP contribution in [0.15, 0.2) is 15.8 Å². The highest BCUT2D eigenvalue weighted by atomic mass is 127. The summed E-state index contributed by atoms with van der Waals surface area (Å²) in [5.74, 6) is 0. The predicted molar refractivity (Wildman–Crippen MR) is 57.8 cm³/mol. The van der Waals surface area contributed by atoms with E-state index in [4.69, 9.17) is 10.7 Å². The van der Waals surface area contributed by atoms with Crippen molar-refractivity contribution >= 4 is 42.3 Å². The lowest BCUT2D eigenvalue weighted by Gasteiger charge is -2.06. The minimum Gasteiger partial charge on any atom is -0.316 e. The molecule has 0 bridgehead atoms. The van der Waals surface area contributed by atoms with E-state index in [9.17, 15) is 22.0 Å². The van der Waals surface area contributed by atoms with Crippen LogP contribution in [0.4, 0.5) is 8.78 Å². The Balaban J connectivity index is 3.70. The monoisotopic (exact) mass is 369 g/mol. The normalized spacial score (nSPS) is 12.1. The first-order valence-corrected chi connectivity index (χ1v) is 6.78. The van der Waals surface area contributed by atoms with Crippen LogP contribution in [0.25, 0.3) is 0 Å². The third kappa shape index (κ3) is 2.88. The second-order valence-electron chi connectivity index (χ2n) is 2.47. The van der Waals surface area contributed by atoms with Gasteiger partial charge in [-0.3, -0.25) is 4.79 Å². The SMILES string of the molecule is O=c1cc(C(F)F)c(S(=O)(=O)Cl)c(I)[nH]1. The van der Waals surface area contributed by atoms with Crippen molar-refractivity contribution in [2.45, 2.75) is 11.3 Å². The Labute approximate surface area is 101 Å². The summed E-state index contributed by atoms with van der Waals surface area (Å²) in [7, 11) is 0.666. The molecule has 1 aromatic heterocycles. The Hall–Kier alpha value is -0.220. The molecule has 0 aromatic carbocycles. The molecule has 0 radical (unpaired) electrons. The van der Waals surface area contributed by atoms with Crippen molar-refractivity contribution < 1.29 is 17.2 Å². The zero-order valence-corrected chi connectivity index (χ0v) is 10.5. The van der Waals surface area contributed by atoms with Gasteiger partial charge in [-0.15, -0.1) is 0 Å². The van der Waals surface area contributed by atoms with E-state index in [0.717, 1.165) is 0 Å². The lowest BCUT2D eigenvalue weighted by Crippen LogP contribution is -2.14. The van der Waals surface area contributed by atoms with Gasteiger partial charge in [-0.2, -0.15) is 0 Å². The first kappa shape index (κ1) is 12.8. The van der Waals surface area contributed by atoms with Crippen LogP contribution >= 0.6 is 33.3 Å². The van der Waals surface area contributed by atoms with Crippen LogP contribution in [0.1, 0.15) is 12.0 Å². The molecule has 1 aromatic rings. The standard InChI is InChI=1S/C6H3ClF2INO3S/c7-15(13,14)4-2(5(8)9)1-3(12)11-6(4)10/h1,5H,(H,11,12). The van der Waals surface area contributed by atoms with Crippen LogP contribution < -0.4 is 5.56 Å². The highest BCUT2D eigenvalue weighted by Crippen LogP contribution is 2.29. The molecule has 84 valence electrons. The summed E-state index contributed by atoms with van der Waals surface area (Å²) in [6.45, 7) is 0. The molecule has 0 atom stereocenters. The van der Waals surface area contributed by atoms with Gasteiger partial charge in [-0.05, 0) is 22.6 Å². The third-order valence-electron chi connectivity index (χ3n) is 1.46. The molecule has 0 aliphatic heterocycles. The number of H-pyrrole nitrogens is 1. The molecule has 0 saturated carbocycles. The molecule has 15 heavy (non-hydrogen) atoms. The van der Waals surface area contributed by atoms with Gasteiger partial charge in [0, 0.05) is 22.3 Å². The first-order valence-electron chi connectivity index (χ1n) is 3.39. The second-order valence-corrected chi connectivity index (χ2v) is 6.05. The van der Waals surface area contributed by atoms with E-state index in [1.165, 1.54) is 22.6 Å². The first-order chi connectivity index (χ1) is 6.73.